The molecule has 1 heterocycles. The molecule has 0 radical (unpaired) electrons. The Balaban J connectivity index is 1.73. The van der Waals surface area contributed by atoms with E-state index in [2.05, 4.69) is 10.6 Å². The van der Waals surface area contributed by atoms with Gasteiger partial charge in [-0.15, -0.1) is 0 Å². The van der Waals surface area contributed by atoms with E-state index in [1.165, 1.54) is 0 Å². The third kappa shape index (κ3) is 4.47. The molecule has 2 aliphatic rings. The van der Waals surface area contributed by atoms with Crippen molar-refractivity contribution in [2.45, 2.75) is 44.2 Å². The van der Waals surface area contributed by atoms with E-state index in [0.717, 1.165) is 25.8 Å². The molecular formula is C13H22N2O4. The maximum Gasteiger partial charge on any atom is 0.306 e. The lowest BCUT2D eigenvalue weighted by Crippen LogP contribution is -2.46. The van der Waals surface area contributed by atoms with Crippen molar-refractivity contribution in [2.75, 3.05) is 19.8 Å². The van der Waals surface area contributed by atoms with Crippen LogP contribution in [-0.4, -0.2) is 48.8 Å². The van der Waals surface area contributed by atoms with E-state index in [0.29, 0.717) is 26.1 Å². The first-order valence-electron chi connectivity index (χ1n) is 6.98. The van der Waals surface area contributed by atoms with Gasteiger partial charge in [-0.2, -0.15) is 0 Å². The van der Waals surface area contributed by atoms with Crippen LogP contribution in [0.3, 0.4) is 0 Å². The summed E-state index contributed by atoms with van der Waals surface area (Å²) in [6.45, 7) is 2.04. The SMILES string of the molecule is O=C(CC1COCCN1)NC1CCCC(C(=O)O)C1. The molecule has 2 fully saturated rings. The summed E-state index contributed by atoms with van der Waals surface area (Å²) < 4.78 is 5.30. The van der Waals surface area contributed by atoms with Crippen molar-refractivity contribution in [3.63, 3.8) is 0 Å². The molecule has 1 aliphatic heterocycles. The highest BCUT2D eigenvalue weighted by atomic mass is 16.5. The Labute approximate surface area is 112 Å². The molecule has 3 unspecified atom stereocenters. The second-order valence-electron chi connectivity index (χ2n) is 5.40. The predicted molar refractivity (Wildman–Crippen MR) is 68.8 cm³/mol. The Morgan fingerprint density at radius 1 is 1.37 bits per heavy atom. The predicted octanol–water partition coefficient (Wildman–Crippen LogP) is 0.125. The summed E-state index contributed by atoms with van der Waals surface area (Å²) in [6, 6.07) is 0.0828. The number of amides is 1. The molecule has 3 atom stereocenters. The highest BCUT2D eigenvalue weighted by molar-refractivity contribution is 5.77. The van der Waals surface area contributed by atoms with Gasteiger partial charge in [0.1, 0.15) is 0 Å². The standard InChI is InChI=1S/C13H22N2O4/c16-12(7-11-8-19-5-4-14-11)15-10-3-1-2-9(6-10)13(17)18/h9-11,14H,1-8H2,(H,15,16)(H,17,18). The highest BCUT2D eigenvalue weighted by Crippen LogP contribution is 2.24. The molecule has 0 spiro atoms. The topological polar surface area (TPSA) is 87.7 Å². The molecule has 6 heteroatoms. The second kappa shape index (κ2) is 6.86. The van der Waals surface area contributed by atoms with E-state index < -0.39 is 5.97 Å². The van der Waals surface area contributed by atoms with Gasteiger partial charge in [0.15, 0.2) is 0 Å². The number of rotatable bonds is 4. The minimum Gasteiger partial charge on any atom is -0.481 e. The summed E-state index contributed by atoms with van der Waals surface area (Å²) in [4.78, 5) is 22.9. The first kappa shape index (κ1) is 14.3. The van der Waals surface area contributed by atoms with E-state index >= 15 is 0 Å². The van der Waals surface area contributed by atoms with Gasteiger partial charge < -0.3 is 20.5 Å². The summed E-state index contributed by atoms with van der Waals surface area (Å²) >= 11 is 0. The first-order valence-corrected chi connectivity index (χ1v) is 6.98. The van der Waals surface area contributed by atoms with Crippen molar-refractivity contribution in [1.82, 2.24) is 10.6 Å². The summed E-state index contributed by atoms with van der Waals surface area (Å²) in [5.41, 5.74) is 0. The Morgan fingerprint density at radius 2 is 2.21 bits per heavy atom. The smallest absolute Gasteiger partial charge is 0.306 e. The number of carbonyl (C=O) groups is 2. The number of carbonyl (C=O) groups excluding carboxylic acids is 1. The van der Waals surface area contributed by atoms with Crippen molar-refractivity contribution < 1.29 is 19.4 Å². The van der Waals surface area contributed by atoms with Gasteiger partial charge in [-0.3, -0.25) is 9.59 Å². The van der Waals surface area contributed by atoms with Gasteiger partial charge in [-0.1, -0.05) is 6.42 Å². The zero-order valence-electron chi connectivity index (χ0n) is 11.1. The molecule has 1 saturated carbocycles. The molecule has 0 aromatic carbocycles. The molecule has 1 amide bonds. The monoisotopic (exact) mass is 270 g/mol. The largest absolute Gasteiger partial charge is 0.481 e. The molecular weight excluding hydrogens is 248 g/mol. The number of ether oxygens (including phenoxy) is 1. The van der Waals surface area contributed by atoms with Crippen LogP contribution in [0.4, 0.5) is 0 Å². The van der Waals surface area contributed by atoms with Crippen LogP contribution < -0.4 is 10.6 Å². The lowest BCUT2D eigenvalue weighted by molar-refractivity contribution is -0.143. The maximum atomic E-state index is 11.9. The van der Waals surface area contributed by atoms with Gasteiger partial charge in [-0.25, -0.2) is 0 Å². The number of hydrogen-bond donors (Lipinski definition) is 3. The number of nitrogens with one attached hydrogen (secondary N) is 2. The quantitative estimate of drug-likeness (QED) is 0.675. The summed E-state index contributed by atoms with van der Waals surface area (Å²) in [6.07, 6.45) is 3.42. The van der Waals surface area contributed by atoms with Crippen molar-refractivity contribution >= 4 is 11.9 Å². The second-order valence-corrected chi connectivity index (χ2v) is 5.40. The lowest BCUT2D eigenvalue weighted by atomic mass is 9.85. The summed E-state index contributed by atoms with van der Waals surface area (Å²) in [5.74, 6) is -1.07. The van der Waals surface area contributed by atoms with Crippen molar-refractivity contribution in [3.8, 4) is 0 Å². The zero-order valence-corrected chi connectivity index (χ0v) is 11.1. The number of carboxylic acid groups (broad SMARTS) is 1. The Hall–Kier alpha value is -1.14. The third-order valence-electron chi connectivity index (χ3n) is 3.82. The van der Waals surface area contributed by atoms with Gasteiger partial charge in [0, 0.05) is 25.0 Å². The van der Waals surface area contributed by atoms with Gasteiger partial charge in [0.2, 0.25) is 5.91 Å². The molecule has 1 aliphatic carbocycles. The molecule has 108 valence electrons. The maximum absolute atomic E-state index is 11.9. The van der Waals surface area contributed by atoms with Crippen molar-refractivity contribution in [3.05, 3.63) is 0 Å². The molecule has 1 saturated heterocycles. The molecule has 0 aromatic rings. The minimum atomic E-state index is -0.749. The Morgan fingerprint density at radius 3 is 2.89 bits per heavy atom. The minimum absolute atomic E-state index is 0.00635. The van der Waals surface area contributed by atoms with Gasteiger partial charge in [0.25, 0.3) is 0 Å². The summed E-state index contributed by atoms with van der Waals surface area (Å²) in [5, 5.41) is 15.2. The number of morpholine rings is 1. The average Bonchev–Trinajstić information content (AvgIpc) is 2.40. The summed E-state index contributed by atoms with van der Waals surface area (Å²) in [7, 11) is 0. The third-order valence-corrected chi connectivity index (χ3v) is 3.82. The zero-order chi connectivity index (χ0) is 13.7. The Kier molecular flexibility index (Phi) is 5.15. The van der Waals surface area contributed by atoms with E-state index in [4.69, 9.17) is 9.84 Å². The average molecular weight is 270 g/mol. The Bertz CT molecular complexity index is 329. The van der Waals surface area contributed by atoms with Crippen molar-refractivity contribution in [2.24, 2.45) is 5.92 Å². The van der Waals surface area contributed by atoms with Gasteiger partial charge in [-0.05, 0) is 19.3 Å². The van der Waals surface area contributed by atoms with Crippen molar-refractivity contribution in [1.29, 1.82) is 0 Å². The molecule has 6 nitrogen and oxygen atoms in total. The fourth-order valence-corrected chi connectivity index (χ4v) is 2.81. The van der Waals surface area contributed by atoms with E-state index in [1.807, 2.05) is 0 Å². The van der Waals surface area contributed by atoms with Crippen LogP contribution in [0.25, 0.3) is 0 Å². The van der Waals surface area contributed by atoms with E-state index in [9.17, 15) is 9.59 Å². The number of aliphatic carboxylic acids is 1. The molecule has 19 heavy (non-hydrogen) atoms. The lowest BCUT2D eigenvalue weighted by Gasteiger charge is -2.29. The van der Waals surface area contributed by atoms with Crippen LogP contribution in [0.15, 0.2) is 0 Å². The van der Waals surface area contributed by atoms with Crippen LogP contribution >= 0.6 is 0 Å². The van der Waals surface area contributed by atoms with Crippen LogP contribution in [-0.2, 0) is 14.3 Å². The van der Waals surface area contributed by atoms with Crippen LogP contribution in [0.1, 0.15) is 32.1 Å². The number of hydrogen-bond acceptors (Lipinski definition) is 4. The normalized spacial score (nSPS) is 31.7. The van der Waals surface area contributed by atoms with Gasteiger partial charge >= 0.3 is 5.97 Å². The number of carboxylic acids is 1. The highest BCUT2D eigenvalue weighted by Gasteiger charge is 2.28. The van der Waals surface area contributed by atoms with E-state index in [1.54, 1.807) is 0 Å². The van der Waals surface area contributed by atoms with Gasteiger partial charge in [0.05, 0.1) is 19.1 Å². The molecule has 2 rings (SSSR count). The first-order chi connectivity index (χ1) is 9.15. The van der Waals surface area contributed by atoms with Crippen LogP contribution in [0, 0.1) is 5.92 Å². The van der Waals surface area contributed by atoms with Crippen LogP contribution in [0.2, 0.25) is 0 Å². The fraction of sp³-hybridized carbons (Fsp3) is 0.846. The van der Waals surface area contributed by atoms with Crippen LogP contribution in [0.5, 0.6) is 0 Å². The fourth-order valence-electron chi connectivity index (χ4n) is 2.81. The van der Waals surface area contributed by atoms with E-state index in [-0.39, 0.29) is 23.9 Å². The molecule has 0 aromatic heterocycles. The molecule has 3 N–H and O–H groups in total. The molecule has 0 bridgehead atoms.